The van der Waals surface area contributed by atoms with Crippen LogP contribution in [0, 0.1) is 5.92 Å². The van der Waals surface area contributed by atoms with E-state index in [4.69, 9.17) is 11.6 Å². The van der Waals surface area contributed by atoms with Crippen LogP contribution >= 0.6 is 11.6 Å². The van der Waals surface area contributed by atoms with Gasteiger partial charge in [-0.3, -0.25) is 4.79 Å². The fourth-order valence-electron chi connectivity index (χ4n) is 4.04. The van der Waals surface area contributed by atoms with Crippen molar-refractivity contribution in [1.29, 1.82) is 0 Å². The summed E-state index contributed by atoms with van der Waals surface area (Å²) >= 11 is 6.00. The number of benzene rings is 1. The Morgan fingerprint density at radius 2 is 1.69 bits per heavy atom. The molecule has 0 saturated carbocycles. The molecule has 1 atom stereocenters. The summed E-state index contributed by atoms with van der Waals surface area (Å²) in [6.45, 7) is 2.44. The lowest BCUT2D eigenvalue weighted by atomic mass is 9.93. The summed E-state index contributed by atoms with van der Waals surface area (Å²) in [6.07, 6.45) is 5.70. The molecular formula is C19H27ClN2O3S. The van der Waals surface area contributed by atoms with E-state index in [2.05, 4.69) is 12.1 Å². The van der Waals surface area contributed by atoms with Crippen molar-refractivity contribution in [1.82, 2.24) is 9.21 Å². The van der Waals surface area contributed by atoms with Crippen LogP contribution in [0.2, 0.25) is 5.02 Å². The van der Waals surface area contributed by atoms with Crippen molar-refractivity contribution in [3.05, 3.63) is 34.9 Å². The van der Waals surface area contributed by atoms with Gasteiger partial charge in [-0.2, -0.15) is 0 Å². The molecule has 0 aliphatic carbocycles. The summed E-state index contributed by atoms with van der Waals surface area (Å²) in [5.74, 6) is 0.478. The van der Waals surface area contributed by atoms with Gasteiger partial charge in [0.1, 0.15) is 0 Å². The van der Waals surface area contributed by atoms with Crippen LogP contribution in [0.25, 0.3) is 0 Å². The van der Waals surface area contributed by atoms with Crippen molar-refractivity contribution in [2.45, 2.75) is 38.0 Å². The minimum Gasteiger partial charge on any atom is -0.342 e. The highest BCUT2D eigenvalue weighted by atomic mass is 35.5. The Labute approximate surface area is 161 Å². The molecule has 1 aromatic carbocycles. The number of piperidine rings is 1. The predicted molar refractivity (Wildman–Crippen MR) is 104 cm³/mol. The van der Waals surface area contributed by atoms with Gasteiger partial charge in [0.25, 0.3) is 0 Å². The second-order valence-electron chi connectivity index (χ2n) is 7.46. The van der Waals surface area contributed by atoms with Gasteiger partial charge in [0, 0.05) is 43.0 Å². The van der Waals surface area contributed by atoms with Gasteiger partial charge >= 0.3 is 0 Å². The molecule has 1 amide bonds. The number of nitrogens with zero attached hydrogens (tertiary/aromatic N) is 2. The molecule has 2 heterocycles. The molecule has 0 bridgehead atoms. The van der Waals surface area contributed by atoms with Crippen molar-refractivity contribution in [3.8, 4) is 0 Å². The van der Waals surface area contributed by atoms with Crippen LogP contribution < -0.4 is 0 Å². The number of carbonyl (C=O) groups excluding carboxylic acids is 1. The van der Waals surface area contributed by atoms with Gasteiger partial charge in [-0.05, 0) is 43.4 Å². The van der Waals surface area contributed by atoms with E-state index in [1.807, 2.05) is 17.0 Å². The van der Waals surface area contributed by atoms with Crippen molar-refractivity contribution >= 4 is 27.5 Å². The van der Waals surface area contributed by atoms with Crippen LogP contribution in [-0.4, -0.2) is 56.0 Å². The molecule has 2 aliphatic rings. The highest BCUT2D eigenvalue weighted by molar-refractivity contribution is 7.88. The summed E-state index contributed by atoms with van der Waals surface area (Å²) in [5.41, 5.74) is 1.24. The zero-order valence-corrected chi connectivity index (χ0v) is 16.8. The third-order valence-corrected chi connectivity index (χ3v) is 7.15. The number of halogens is 1. The molecule has 7 heteroatoms. The Hall–Kier alpha value is -1.11. The molecular weight excluding hydrogens is 372 g/mol. The Morgan fingerprint density at radius 3 is 2.31 bits per heavy atom. The number of sulfonamides is 1. The van der Waals surface area contributed by atoms with Gasteiger partial charge in [0.15, 0.2) is 0 Å². The Balaban J connectivity index is 1.64. The normalized spacial score (nSPS) is 23.6. The monoisotopic (exact) mass is 398 g/mol. The quantitative estimate of drug-likeness (QED) is 0.786. The van der Waals surface area contributed by atoms with E-state index in [1.165, 1.54) is 16.1 Å². The number of hydrogen-bond acceptors (Lipinski definition) is 3. The first kappa shape index (κ1) is 19.6. The minimum absolute atomic E-state index is 0.0584. The second-order valence-corrected chi connectivity index (χ2v) is 9.88. The maximum Gasteiger partial charge on any atom is 0.225 e. The first-order chi connectivity index (χ1) is 12.3. The average molecular weight is 399 g/mol. The number of rotatable bonds is 3. The van der Waals surface area contributed by atoms with E-state index < -0.39 is 10.0 Å². The largest absolute Gasteiger partial charge is 0.342 e. The van der Waals surface area contributed by atoms with Crippen LogP contribution in [-0.2, 0) is 14.8 Å². The molecule has 3 rings (SSSR count). The topological polar surface area (TPSA) is 57.7 Å². The van der Waals surface area contributed by atoms with Crippen molar-refractivity contribution < 1.29 is 13.2 Å². The number of hydrogen-bond donors (Lipinski definition) is 0. The summed E-state index contributed by atoms with van der Waals surface area (Å²) in [4.78, 5) is 15.0. The van der Waals surface area contributed by atoms with Crippen LogP contribution in [0.15, 0.2) is 24.3 Å². The number of amides is 1. The molecule has 1 aromatic rings. The third-order valence-electron chi connectivity index (χ3n) is 5.60. The molecule has 5 nitrogen and oxygen atoms in total. The van der Waals surface area contributed by atoms with Gasteiger partial charge in [0.2, 0.25) is 15.9 Å². The lowest BCUT2D eigenvalue weighted by Crippen LogP contribution is -2.45. The molecule has 0 aromatic heterocycles. The first-order valence-electron chi connectivity index (χ1n) is 9.34. The third kappa shape index (κ3) is 4.78. The summed E-state index contributed by atoms with van der Waals surface area (Å²) < 4.78 is 24.8. The highest BCUT2D eigenvalue weighted by Gasteiger charge is 2.33. The fourth-order valence-corrected chi connectivity index (χ4v) is 5.04. The van der Waals surface area contributed by atoms with Crippen molar-refractivity contribution in [2.75, 3.05) is 32.4 Å². The zero-order valence-electron chi connectivity index (χ0n) is 15.2. The molecule has 0 radical (unpaired) electrons. The lowest BCUT2D eigenvalue weighted by molar-refractivity contribution is -0.136. The maximum absolute atomic E-state index is 13.0. The highest BCUT2D eigenvalue weighted by Crippen LogP contribution is 2.29. The molecule has 26 heavy (non-hydrogen) atoms. The molecule has 144 valence electrons. The molecule has 2 saturated heterocycles. The molecule has 2 fully saturated rings. The second kappa shape index (κ2) is 8.28. The van der Waals surface area contributed by atoms with E-state index in [9.17, 15) is 13.2 Å². The van der Waals surface area contributed by atoms with E-state index >= 15 is 0 Å². The smallest absolute Gasteiger partial charge is 0.225 e. The molecule has 2 aliphatic heterocycles. The molecule has 0 N–H and O–H groups in total. The number of likely N-dealkylation sites (tertiary alicyclic amines) is 1. The summed E-state index contributed by atoms with van der Waals surface area (Å²) in [7, 11) is -3.16. The van der Waals surface area contributed by atoms with E-state index in [0.29, 0.717) is 31.8 Å². The SMILES string of the molecule is CS(=O)(=O)N1CCC(C(=O)N2CCCC[C@@H](c3ccc(Cl)cc3)C2)CC1. The van der Waals surface area contributed by atoms with Crippen LogP contribution in [0.3, 0.4) is 0 Å². The molecule has 0 unspecified atom stereocenters. The van der Waals surface area contributed by atoms with Crippen LogP contribution in [0.1, 0.15) is 43.6 Å². The maximum atomic E-state index is 13.0. The first-order valence-corrected chi connectivity index (χ1v) is 11.6. The number of carbonyl (C=O) groups is 1. The minimum atomic E-state index is -3.16. The van der Waals surface area contributed by atoms with E-state index in [1.54, 1.807) is 0 Å². The van der Waals surface area contributed by atoms with Gasteiger partial charge in [0.05, 0.1) is 6.26 Å². The Kier molecular flexibility index (Phi) is 6.25. The average Bonchev–Trinajstić information content (AvgIpc) is 2.87. The predicted octanol–water partition coefficient (Wildman–Crippen LogP) is 3.11. The summed E-state index contributed by atoms with van der Waals surface area (Å²) in [5, 5.41) is 0.730. The van der Waals surface area contributed by atoms with E-state index in [-0.39, 0.29) is 11.8 Å². The van der Waals surface area contributed by atoms with Crippen LogP contribution in [0.4, 0.5) is 0 Å². The molecule has 0 spiro atoms. The van der Waals surface area contributed by atoms with Crippen LogP contribution in [0.5, 0.6) is 0 Å². The van der Waals surface area contributed by atoms with Gasteiger partial charge in [-0.1, -0.05) is 30.2 Å². The zero-order chi connectivity index (χ0) is 18.7. The van der Waals surface area contributed by atoms with Gasteiger partial charge in [-0.15, -0.1) is 0 Å². The van der Waals surface area contributed by atoms with Gasteiger partial charge in [-0.25, -0.2) is 12.7 Å². The van der Waals surface area contributed by atoms with Gasteiger partial charge < -0.3 is 4.90 Å². The van der Waals surface area contributed by atoms with E-state index in [0.717, 1.165) is 37.4 Å². The summed E-state index contributed by atoms with van der Waals surface area (Å²) in [6, 6.07) is 7.95. The Bertz CT molecular complexity index is 728. The van der Waals surface area contributed by atoms with Crippen molar-refractivity contribution in [2.24, 2.45) is 5.92 Å². The lowest BCUT2D eigenvalue weighted by Gasteiger charge is -2.33. The Morgan fingerprint density at radius 1 is 1.04 bits per heavy atom. The van der Waals surface area contributed by atoms with Crippen molar-refractivity contribution in [3.63, 3.8) is 0 Å². The fraction of sp³-hybridized carbons (Fsp3) is 0.632. The standard InChI is InChI=1S/C19H27ClN2O3S/c1-26(24,25)22-12-9-16(10-13-22)19(23)21-11-3-2-4-17(14-21)15-5-7-18(20)8-6-15/h5-8,16-17H,2-4,9-14H2,1H3/t17-/m1/s1.